The molecule has 0 spiro atoms. The largest absolute Gasteiger partial charge is 0.475 e. The molecule has 1 saturated heterocycles. The van der Waals surface area contributed by atoms with Gasteiger partial charge in [0.2, 0.25) is 5.82 Å². The Labute approximate surface area is 144 Å². The first-order valence-corrected chi connectivity index (χ1v) is 8.56. The molecule has 26 heavy (non-hydrogen) atoms. The first-order valence-electron chi connectivity index (χ1n) is 7.03. The van der Waals surface area contributed by atoms with E-state index in [1.807, 2.05) is 0 Å². The predicted molar refractivity (Wildman–Crippen MR) is 80.6 cm³/mol. The number of aliphatic hydroxyl groups excluding tert-OH is 2. The van der Waals surface area contributed by atoms with Crippen molar-refractivity contribution in [1.82, 2.24) is 19.5 Å². The number of carboxylic acid groups (broad SMARTS) is 1. The van der Waals surface area contributed by atoms with E-state index in [1.165, 1.54) is 0 Å². The van der Waals surface area contributed by atoms with Crippen LogP contribution in [0.3, 0.4) is 0 Å². The Bertz CT molecular complexity index is 898. The zero-order valence-corrected chi connectivity index (χ0v) is 13.7. The topological polar surface area (TPSA) is 223 Å². The molecule has 15 heteroatoms. The molecule has 1 aliphatic heterocycles. The van der Waals surface area contributed by atoms with Crippen LogP contribution in [0, 0.1) is 0 Å². The van der Waals surface area contributed by atoms with Crippen molar-refractivity contribution in [2.24, 2.45) is 0 Å². The number of ether oxygens (including phenoxy) is 1. The third kappa shape index (κ3) is 3.39. The van der Waals surface area contributed by atoms with E-state index in [2.05, 4.69) is 19.5 Å². The van der Waals surface area contributed by atoms with E-state index in [0.29, 0.717) is 0 Å². The van der Waals surface area contributed by atoms with Gasteiger partial charge in [-0.25, -0.2) is 24.3 Å². The Balaban J connectivity index is 1.93. The van der Waals surface area contributed by atoms with Crippen molar-refractivity contribution in [2.45, 2.75) is 24.5 Å². The third-order valence-electron chi connectivity index (χ3n) is 3.66. The van der Waals surface area contributed by atoms with Crippen molar-refractivity contribution in [3.05, 3.63) is 12.2 Å². The number of hydrogen-bond acceptors (Lipinski definition) is 10. The molecule has 3 heterocycles. The van der Waals surface area contributed by atoms with Crippen LogP contribution in [-0.2, 0) is 13.8 Å². The van der Waals surface area contributed by atoms with E-state index >= 15 is 0 Å². The zero-order valence-electron chi connectivity index (χ0n) is 12.8. The summed E-state index contributed by atoms with van der Waals surface area (Å²) in [6, 6.07) is 0. The van der Waals surface area contributed by atoms with E-state index in [0.717, 1.165) is 10.9 Å². The van der Waals surface area contributed by atoms with Gasteiger partial charge in [0.15, 0.2) is 17.7 Å². The van der Waals surface area contributed by atoms with Crippen molar-refractivity contribution >= 4 is 30.8 Å². The van der Waals surface area contributed by atoms with E-state index in [9.17, 15) is 19.6 Å². The van der Waals surface area contributed by atoms with Gasteiger partial charge in [0.05, 0.1) is 12.9 Å². The summed E-state index contributed by atoms with van der Waals surface area (Å²) in [4.78, 5) is 39.8. The molecule has 14 nitrogen and oxygen atoms in total. The second-order valence-electron chi connectivity index (χ2n) is 5.39. The summed E-state index contributed by atoms with van der Waals surface area (Å²) in [5.74, 6) is -2.25. The molecule has 0 bridgehead atoms. The lowest BCUT2D eigenvalue weighted by atomic mass is 10.1. The van der Waals surface area contributed by atoms with Crippen molar-refractivity contribution < 1.29 is 43.7 Å². The van der Waals surface area contributed by atoms with Crippen LogP contribution in [0.2, 0.25) is 0 Å². The second kappa shape index (κ2) is 6.51. The number of nitrogens with two attached hydrogens (primary N) is 1. The summed E-state index contributed by atoms with van der Waals surface area (Å²) in [6.45, 7) is -0.691. The Morgan fingerprint density at radius 1 is 1.35 bits per heavy atom. The van der Waals surface area contributed by atoms with Crippen LogP contribution in [0.5, 0.6) is 0 Å². The molecule has 142 valence electrons. The minimum atomic E-state index is -4.80. The SMILES string of the molecule is Nc1nc(C(=O)O)nc2c1ncn2[C@@H]1O[C@H](COP(=O)(O)O)[C@@H](O)[C@H]1O. The molecule has 7 N–H and O–H groups in total. The minimum absolute atomic E-state index is 0.0511. The zero-order chi connectivity index (χ0) is 19.2. The van der Waals surface area contributed by atoms with Crippen LogP contribution in [0.25, 0.3) is 11.2 Å². The molecule has 0 aliphatic carbocycles. The smallest absolute Gasteiger partial charge is 0.469 e. The van der Waals surface area contributed by atoms with Gasteiger partial charge in [0.1, 0.15) is 23.8 Å². The number of aromatic nitrogens is 4. The average Bonchev–Trinajstić information content (AvgIpc) is 3.08. The molecule has 4 atom stereocenters. The second-order valence-corrected chi connectivity index (χ2v) is 6.63. The number of rotatable bonds is 5. The fourth-order valence-electron chi connectivity index (χ4n) is 2.49. The molecule has 0 radical (unpaired) electrons. The molecule has 0 amide bonds. The first-order chi connectivity index (χ1) is 12.1. The molecule has 0 aromatic carbocycles. The van der Waals surface area contributed by atoms with Gasteiger partial charge in [-0.2, -0.15) is 0 Å². The summed E-state index contributed by atoms with van der Waals surface area (Å²) in [6.07, 6.45) is -4.48. The van der Waals surface area contributed by atoms with Gasteiger partial charge in [-0.05, 0) is 0 Å². The number of hydrogen-bond donors (Lipinski definition) is 6. The average molecular weight is 391 g/mol. The summed E-state index contributed by atoms with van der Waals surface area (Å²) >= 11 is 0. The maximum absolute atomic E-state index is 11.1. The van der Waals surface area contributed by atoms with E-state index in [4.69, 9.17) is 25.4 Å². The van der Waals surface area contributed by atoms with Crippen LogP contribution in [-0.4, -0.2) is 75.5 Å². The maximum Gasteiger partial charge on any atom is 0.469 e. The van der Waals surface area contributed by atoms with Crippen LogP contribution in [0.1, 0.15) is 16.8 Å². The van der Waals surface area contributed by atoms with Crippen molar-refractivity contribution in [3.8, 4) is 0 Å². The van der Waals surface area contributed by atoms with Gasteiger partial charge < -0.3 is 35.6 Å². The van der Waals surface area contributed by atoms with Crippen molar-refractivity contribution in [3.63, 3.8) is 0 Å². The van der Waals surface area contributed by atoms with Gasteiger partial charge in [-0.1, -0.05) is 0 Å². The normalized spacial score (nSPS) is 26.5. The number of nitrogens with zero attached hydrogens (tertiary/aromatic N) is 4. The van der Waals surface area contributed by atoms with E-state index in [1.54, 1.807) is 0 Å². The van der Waals surface area contributed by atoms with E-state index < -0.39 is 50.8 Å². The number of fused-ring (bicyclic) bond motifs is 1. The number of imidazole rings is 1. The third-order valence-corrected chi connectivity index (χ3v) is 4.14. The predicted octanol–water partition coefficient (Wildman–Crippen LogP) is -2.16. The van der Waals surface area contributed by atoms with Gasteiger partial charge >= 0.3 is 13.8 Å². The molecular formula is C11H14N5O9P. The van der Waals surface area contributed by atoms with E-state index in [-0.39, 0.29) is 17.0 Å². The number of aromatic carboxylic acids is 1. The van der Waals surface area contributed by atoms with Gasteiger partial charge in [-0.15, -0.1) is 0 Å². The molecule has 2 aromatic rings. The Morgan fingerprint density at radius 2 is 2.04 bits per heavy atom. The number of phosphoric ester groups is 1. The number of anilines is 1. The summed E-state index contributed by atoms with van der Waals surface area (Å²) in [5, 5.41) is 29.2. The summed E-state index contributed by atoms with van der Waals surface area (Å²) in [5.41, 5.74) is 5.63. The highest BCUT2D eigenvalue weighted by molar-refractivity contribution is 7.46. The first kappa shape index (κ1) is 18.6. The van der Waals surface area contributed by atoms with Crippen LogP contribution >= 0.6 is 7.82 Å². The Hall–Kier alpha value is -2.19. The van der Waals surface area contributed by atoms with Crippen LogP contribution in [0.4, 0.5) is 5.82 Å². The fraction of sp³-hybridized carbons (Fsp3) is 0.455. The molecule has 2 aromatic heterocycles. The fourth-order valence-corrected chi connectivity index (χ4v) is 2.83. The minimum Gasteiger partial charge on any atom is -0.475 e. The van der Waals surface area contributed by atoms with Crippen molar-refractivity contribution in [1.29, 1.82) is 0 Å². The van der Waals surface area contributed by atoms with Gasteiger partial charge in [-0.3, -0.25) is 9.09 Å². The standard InChI is InChI=1S/C11H14N5O9P/c12-7-4-9(15-8(14-7)11(19)20)16(2-13-4)10-6(18)5(17)3(25-10)1-24-26(21,22)23/h2-3,5-6,10,17-18H,1H2,(H,19,20)(H2,12,14,15)(H2,21,22,23)/t3-,5-,6-,10-/m1/s1. The van der Waals surface area contributed by atoms with Gasteiger partial charge in [0, 0.05) is 0 Å². The maximum atomic E-state index is 11.1. The highest BCUT2D eigenvalue weighted by Gasteiger charge is 2.45. The van der Waals surface area contributed by atoms with Crippen molar-refractivity contribution in [2.75, 3.05) is 12.3 Å². The summed E-state index contributed by atoms with van der Waals surface area (Å²) in [7, 11) is -4.80. The Kier molecular flexibility index (Phi) is 4.66. The Morgan fingerprint density at radius 3 is 2.65 bits per heavy atom. The molecular weight excluding hydrogens is 377 g/mol. The quantitative estimate of drug-likeness (QED) is 0.299. The van der Waals surface area contributed by atoms with Gasteiger partial charge in [0.25, 0.3) is 0 Å². The number of nitrogen functional groups attached to an aromatic ring is 1. The number of phosphoric acid groups is 1. The monoisotopic (exact) mass is 391 g/mol. The number of aliphatic hydroxyl groups is 2. The summed E-state index contributed by atoms with van der Waals surface area (Å²) < 4.78 is 21.6. The number of carbonyl (C=O) groups is 1. The molecule has 3 rings (SSSR count). The molecule has 0 saturated carbocycles. The lowest BCUT2D eigenvalue weighted by Crippen LogP contribution is -2.33. The number of carboxylic acids is 1. The van der Waals surface area contributed by atoms with Crippen LogP contribution in [0.15, 0.2) is 6.33 Å². The highest BCUT2D eigenvalue weighted by atomic mass is 31.2. The molecule has 0 unspecified atom stereocenters. The molecule has 1 fully saturated rings. The highest BCUT2D eigenvalue weighted by Crippen LogP contribution is 2.38. The van der Waals surface area contributed by atoms with Crippen LogP contribution < -0.4 is 5.73 Å². The molecule has 1 aliphatic rings. The lowest BCUT2D eigenvalue weighted by Gasteiger charge is -2.16. The lowest BCUT2D eigenvalue weighted by molar-refractivity contribution is -0.0504.